The predicted octanol–water partition coefficient (Wildman–Crippen LogP) is 3.94. The van der Waals surface area contributed by atoms with Gasteiger partial charge in [-0.15, -0.1) is 12.6 Å². The van der Waals surface area contributed by atoms with E-state index in [1.54, 1.807) is 17.8 Å². The van der Waals surface area contributed by atoms with Crippen LogP contribution >= 0.6 is 24.4 Å². The summed E-state index contributed by atoms with van der Waals surface area (Å²) in [6.07, 6.45) is 0.849. The molecule has 80 valence electrons. The first-order chi connectivity index (χ1) is 7.79. The van der Waals surface area contributed by atoms with Gasteiger partial charge in [-0.1, -0.05) is 36.0 Å². The minimum absolute atomic E-state index is 0. The van der Waals surface area contributed by atoms with Gasteiger partial charge in [0.1, 0.15) is 6.29 Å². The van der Waals surface area contributed by atoms with Gasteiger partial charge >= 0.3 is 19.5 Å². The Labute approximate surface area is 123 Å². The van der Waals surface area contributed by atoms with Crippen LogP contribution in [-0.2, 0) is 19.5 Å². The van der Waals surface area contributed by atoms with E-state index < -0.39 is 0 Å². The Bertz CT molecular complexity index is 500. The van der Waals surface area contributed by atoms with Gasteiger partial charge in [0, 0.05) is 20.2 Å². The Morgan fingerprint density at radius 3 is 2.41 bits per heavy atom. The van der Waals surface area contributed by atoms with Crippen molar-refractivity contribution in [2.45, 2.75) is 14.7 Å². The fourth-order valence-corrected chi connectivity index (χ4v) is 2.49. The first kappa shape index (κ1) is 14.5. The normalized spacial score (nSPS) is 9.47. The van der Waals surface area contributed by atoms with Gasteiger partial charge in [0.25, 0.3) is 0 Å². The number of hydrogen-bond acceptors (Lipinski definition) is 3. The van der Waals surface area contributed by atoms with E-state index in [4.69, 9.17) is 0 Å². The first-order valence-corrected chi connectivity index (χ1v) is 6.07. The van der Waals surface area contributed by atoms with Gasteiger partial charge in [-0.3, -0.25) is 4.79 Å². The quantitative estimate of drug-likeness (QED) is 0.525. The number of hydrogen-bond donors (Lipinski definition) is 1. The van der Waals surface area contributed by atoms with Crippen LogP contribution < -0.4 is 0 Å². The molecule has 0 aliphatic heterocycles. The van der Waals surface area contributed by atoms with Crippen LogP contribution in [0.25, 0.3) is 0 Å². The van der Waals surface area contributed by atoms with Crippen molar-refractivity contribution in [2.75, 3.05) is 0 Å². The van der Waals surface area contributed by atoms with Crippen LogP contribution in [0.1, 0.15) is 10.4 Å². The number of benzene rings is 2. The Morgan fingerprint density at radius 2 is 1.76 bits per heavy atom. The van der Waals surface area contributed by atoms with Gasteiger partial charge in [0.15, 0.2) is 0 Å². The summed E-state index contributed by atoms with van der Waals surface area (Å²) in [6, 6.07) is 15.5. The molecule has 0 bridgehead atoms. The summed E-state index contributed by atoms with van der Waals surface area (Å²) in [5.41, 5.74) is 0.677. The molecule has 4 heteroatoms. The van der Waals surface area contributed by atoms with E-state index in [1.807, 2.05) is 42.5 Å². The summed E-state index contributed by atoms with van der Waals surface area (Å²) in [5, 5.41) is 0. The summed E-state index contributed by atoms with van der Waals surface area (Å²) in [6.45, 7) is 0. The van der Waals surface area contributed by atoms with Gasteiger partial charge < -0.3 is 0 Å². The van der Waals surface area contributed by atoms with Crippen molar-refractivity contribution >= 4 is 30.7 Å². The SMILES string of the molecule is O=Cc1ccc(S)c(Sc2ccccc2)c1.[Zn+2]. The van der Waals surface area contributed by atoms with Crippen LogP contribution in [-0.4, -0.2) is 6.29 Å². The van der Waals surface area contributed by atoms with Crippen LogP contribution in [0.3, 0.4) is 0 Å². The number of carbonyl (C=O) groups excluding carboxylic acids is 1. The van der Waals surface area contributed by atoms with Gasteiger partial charge in [-0.2, -0.15) is 0 Å². The minimum Gasteiger partial charge on any atom is -0.298 e. The van der Waals surface area contributed by atoms with Crippen LogP contribution in [0.5, 0.6) is 0 Å². The predicted molar refractivity (Wildman–Crippen MR) is 69.6 cm³/mol. The van der Waals surface area contributed by atoms with E-state index in [-0.39, 0.29) is 19.5 Å². The van der Waals surface area contributed by atoms with Crippen molar-refractivity contribution < 1.29 is 24.3 Å². The molecule has 0 fully saturated rings. The second kappa shape index (κ2) is 7.00. The van der Waals surface area contributed by atoms with Crippen molar-refractivity contribution in [1.82, 2.24) is 0 Å². The molecule has 2 aromatic carbocycles. The number of aldehydes is 1. The van der Waals surface area contributed by atoms with Crippen molar-refractivity contribution in [1.29, 1.82) is 0 Å². The third-order valence-electron chi connectivity index (χ3n) is 2.09. The second-order valence-corrected chi connectivity index (χ2v) is 4.86. The molecule has 0 amide bonds. The molecule has 2 aromatic rings. The van der Waals surface area contributed by atoms with E-state index in [9.17, 15) is 4.79 Å². The van der Waals surface area contributed by atoms with Gasteiger partial charge in [0.2, 0.25) is 0 Å². The molecule has 0 N–H and O–H groups in total. The second-order valence-electron chi connectivity index (χ2n) is 3.26. The summed E-state index contributed by atoms with van der Waals surface area (Å²) in [7, 11) is 0. The van der Waals surface area contributed by atoms with E-state index in [0.717, 1.165) is 21.0 Å². The van der Waals surface area contributed by atoms with E-state index in [1.165, 1.54) is 0 Å². The summed E-state index contributed by atoms with van der Waals surface area (Å²) in [5.74, 6) is 0. The minimum atomic E-state index is 0. The smallest absolute Gasteiger partial charge is 0.298 e. The fraction of sp³-hybridized carbons (Fsp3) is 0. The molecule has 0 heterocycles. The topological polar surface area (TPSA) is 17.1 Å². The maximum Gasteiger partial charge on any atom is 2.00 e. The van der Waals surface area contributed by atoms with Crippen molar-refractivity contribution in [2.24, 2.45) is 0 Å². The third kappa shape index (κ3) is 3.99. The fourth-order valence-electron chi connectivity index (χ4n) is 1.30. The van der Waals surface area contributed by atoms with E-state index >= 15 is 0 Å². The molecular weight excluding hydrogens is 302 g/mol. The Kier molecular flexibility index (Phi) is 5.97. The van der Waals surface area contributed by atoms with Crippen LogP contribution in [0.2, 0.25) is 0 Å². The molecule has 1 nitrogen and oxygen atoms in total. The zero-order valence-corrected chi connectivity index (χ0v) is 13.8. The average Bonchev–Trinajstić information content (AvgIpc) is 2.33. The monoisotopic (exact) mass is 310 g/mol. The molecule has 0 aliphatic rings. The molecule has 0 radical (unpaired) electrons. The Hall–Kier alpha value is -0.567. The average molecular weight is 312 g/mol. The molecule has 0 saturated heterocycles. The number of carbonyl (C=O) groups is 1. The summed E-state index contributed by atoms with van der Waals surface area (Å²) >= 11 is 5.99. The number of rotatable bonds is 3. The standard InChI is InChI=1S/C13H10OS2.Zn/c14-9-10-6-7-12(15)13(8-10)16-11-4-2-1-3-5-11;/h1-9,15H;/q;+2. The maximum atomic E-state index is 10.7. The number of thiol groups is 1. The molecular formula is C13H10OS2Zn+2. The molecule has 0 saturated carbocycles. The van der Waals surface area contributed by atoms with Crippen LogP contribution in [0.15, 0.2) is 63.2 Å². The van der Waals surface area contributed by atoms with Crippen LogP contribution in [0, 0.1) is 0 Å². The van der Waals surface area contributed by atoms with Gasteiger partial charge in [-0.25, -0.2) is 0 Å². The van der Waals surface area contributed by atoms with E-state index in [0.29, 0.717) is 5.56 Å². The van der Waals surface area contributed by atoms with Crippen LogP contribution in [0.4, 0.5) is 0 Å². The Morgan fingerprint density at radius 1 is 1.06 bits per heavy atom. The van der Waals surface area contributed by atoms with Crippen molar-refractivity contribution in [3.63, 3.8) is 0 Å². The molecule has 0 aliphatic carbocycles. The zero-order chi connectivity index (χ0) is 11.4. The Balaban J connectivity index is 0.00000144. The third-order valence-corrected chi connectivity index (χ3v) is 3.70. The molecule has 0 atom stereocenters. The summed E-state index contributed by atoms with van der Waals surface area (Å²) in [4.78, 5) is 13.7. The van der Waals surface area contributed by atoms with Gasteiger partial charge in [-0.05, 0) is 24.3 Å². The summed E-state index contributed by atoms with van der Waals surface area (Å²) < 4.78 is 0. The van der Waals surface area contributed by atoms with Crippen molar-refractivity contribution in [3.05, 3.63) is 54.1 Å². The molecule has 0 aromatic heterocycles. The van der Waals surface area contributed by atoms with Gasteiger partial charge in [0.05, 0.1) is 0 Å². The molecule has 2 rings (SSSR count). The van der Waals surface area contributed by atoms with E-state index in [2.05, 4.69) is 12.6 Å². The molecule has 0 spiro atoms. The first-order valence-electron chi connectivity index (χ1n) is 4.80. The van der Waals surface area contributed by atoms with Crippen molar-refractivity contribution in [3.8, 4) is 0 Å². The molecule has 17 heavy (non-hydrogen) atoms. The maximum absolute atomic E-state index is 10.7. The largest absolute Gasteiger partial charge is 2.00 e. The molecule has 0 unspecified atom stereocenters. The zero-order valence-electron chi connectivity index (χ0n) is 9.17.